The maximum absolute atomic E-state index is 13.7. The van der Waals surface area contributed by atoms with Crippen molar-refractivity contribution in [2.75, 3.05) is 7.05 Å². The maximum Gasteiger partial charge on any atom is 0.233 e. The summed E-state index contributed by atoms with van der Waals surface area (Å²) >= 11 is 12.9. The SMILES string of the molecule is CC=O.CCC.CCCCc1cc(-c2ccc(F)cc2C)nc(C(C(=O)NC)c2c(Cl)cccc2Cl)c1. The first-order valence-electron chi connectivity index (χ1n) is 12.5. The fraction of sp³-hybridized carbons (Fsp3) is 0.367. The number of nitrogens with zero attached hydrogens (tertiary/aromatic N) is 1. The number of hydrogen-bond donors (Lipinski definition) is 1. The van der Waals surface area contributed by atoms with Gasteiger partial charge in [-0.25, -0.2) is 4.39 Å². The number of hydrogen-bond acceptors (Lipinski definition) is 3. The average molecular weight is 548 g/mol. The van der Waals surface area contributed by atoms with Crippen molar-refractivity contribution >= 4 is 35.4 Å². The molecule has 0 aliphatic carbocycles. The maximum atomic E-state index is 13.7. The second-order valence-electron chi connectivity index (χ2n) is 8.47. The number of likely N-dealkylation sites (N-methyl/N-ethyl adjacent to an activating group) is 1. The number of unbranched alkanes of at least 4 members (excludes halogenated alkanes) is 1. The van der Waals surface area contributed by atoms with Crippen LogP contribution in [0.2, 0.25) is 10.0 Å². The molecule has 1 heterocycles. The summed E-state index contributed by atoms with van der Waals surface area (Å²) in [5.74, 6) is -1.32. The lowest BCUT2D eigenvalue weighted by molar-refractivity contribution is -0.121. The highest BCUT2D eigenvalue weighted by Gasteiger charge is 2.28. The Balaban J connectivity index is 0.00000104. The summed E-state index contributed by atoms with van der Waals surface area (Å²) in [5, 5.41) is 3.52. The molecule has 3 rings (SSSR count). The third-order valence-corrected chi connectivity index (χ3v) is 5.94. The van der Waals surface area contributed by atoms with Crippen LogP contribution in [-0.4, -0.2) is 24.2 Å². The van der Waals surface area contributed by atoms with Gasteiger partial charge in [-0.2, -0.15) is 0 Å². The van der Waals surface area contributed by atoms with Gasteiger partial charge in [0, 0.05) is 28.2 Å². The lowest BCUT2D eigenvalue weighted by atomic mass is 9.91. The Morgan fingerprint density at radius 3 is 2.19 bits per heavy atom. The van der Waals surface area contributed by atoms with E-state index in [2.05, 4.69) is 26.1 Å². The molecule has 1 aromatic heterocycles. The van der Waals surface area contributed by atoms with Gasteiger partial charge in [-0.15, -0.1) is 0 Å². The van der Waals surface area contributed by atoms with Gasteiger partial charge in [0.2, 0.25) is 5.91 Å². The summed E-state index contributed by atoms with van der Waals surface area (Å²) in [4.78, 5) is 26.6. The van der Waals surface area contributed by atoms with Crippen LogP contribution >= 0.6 is 23.2 Å². The lowest BCUT2D eigenvalue weighted by Gasteiger charge is -2.20. The summed E-state index contributed by atoms with van der Waals surface area (Å²) in [6.45, 7) is 9.67. The Morgan fingerprint density at radius 1 is 1.08 bits per heavy atom. The van der Waals surface area contributed by atoms with Crippen molar-refractivity contribution in [2.45, 2.75) is 66.2 Å². The predicted octanol–water partition coefficient (Wildman–Crippen LogP) is 8.34. The van der Waals surface area contributed by atoms with Crippen LogP contribution < -0.4 is 5.32 Å². The van der Waals surface area contributed by atoms with E-state index in [0.29, 0.717) is 27.0 Å². The fourth-order valence-electron chi connectivity index (χ4n) is 3.68. The van der Waals surface area contributed by atoms with Crippen molar-refractivity contribution in [3.05, 3.63) is 86.8 Å². The van der Waals surface area contributed by atoms with E-state index in [1.807, 2.05) is 19.1 Å². The molecule has 7 heteroatoms. The lowest BCUT2D eigenvalue weighted by Crippen LogP contribution is -2.28. The molecular formula is C30H37Cl2FN2O2. The summed E-state index contributed by atoms with van der Waals surface area (Å²) in [6, 6.07) is 13.7. The fourth-order valence-corrected chi connectivity index (χ4v) is 4.30. The van der Waals surface area contributed by atoms with Crippen LogP contribution in [-0.2, 0) is 16.0 Å². The van der Waals surface area contributed by atoms with E-state index in [-0.39, 0.29) is 11.7 Å². The molecule has 1 amide bonds. The van der Waals surface area contributed by atoms with Crippen molar-refractivity contribution in [1.82, 2.24) is 10.3 Å². The molecule has 0 radical (unpaired) electrons. The molecule has 0 bridgehead atoms. The second kappa shape index (κ2) is 16.9. The summed E-state index contributed by atoms with van der Waals surface area (Å²) < 4.78 is 13.7. The zero-order valence-electron chi connectivity index (χ0n) is 22.5. The van der Waals surface area contributed by atoms with E-state index >= 15 is 0 Å². The van der Waals surface area contributed by atoms with Gasteiger partial charge in [-0.05, 0) is 80.3 Å². The smallest absolute Gasteiger partial charge is 0.233 e. The van der Waals surface area contributed by atoms with Gasteiger partial charge in [0.25, 0.3) is 0 Å². The highest BCUT2D eigenvalue weighted by atomic mass is 35.5. The molecule has 0 fully saturated rings. The standard InChI is InChI=1S/C25H25Cl2FN2O.C3H8.C2H4O/c1-4-5-7-16-13-21(18-11-10-17(28)12-15(18)2)30-22(14-16)24(25(31)29-3)23-19(26)8-6-9-20(23)27;1-3-2;1-2-3/h6,8-14,24H,4-5,7H2,1-3H3,(H,29,31);3H2,1-2H3;2H,1H3. The summed E-state index contributed by atoms with van der Waals surface area (Å²) in [5.41, 5.74) is 4.43. The predicted molar refractivity (Wildman–Crippen MR) is 153 cm³/mol. The van der Waals surface area contributed by atoms with Crippen LogP contribution in [0.1, 0.15) is 75.3 Å². The van der Waals surface area contributed by atoms with Crippen molar-refractivity contribution in [2.24, 2.45) is 0 Å². The molecule has 0 spiro atoms. The Morgan fingerprint density at radius 2 is 1.68 bits per heavy atom. The number of carbonyl (C=O) groups is 2. The van der Waals surface area contributed by atoms with E-state index in [1.54, 1.807) is 31.3 Å². The molecule has 0 saturated carbocycles. The number of aldehydes is 1. The molecule has 1 N–H and O–H groups in total. The average Bonchev–Trinajstić information content (AvgIpc) is 2.85. The molecule has 37 heavy (non-hydrogen) atoms. The number of carbonyl (C=O) groups excluding carboxylic acids is 2. The minimum absolute atomic E-state index is 0.253. The number of aryl methyl sites for hydroxylation is 2. The Bertz CT molecular complexity index is 1150. The molecule has 1 unspecified atom stereocenters. The number of aromatic nitrogens is 1. The van der Waals surface area contributed by atoms with Gasteiger partial charge >= 0.3 is 0 Å². The first-order valence-corrected chi connectivity index (χ1v) is 13.3. The monoisotopic (exact) mass is 546 g/mol. The second-order valence-corrected chi connectivity index (χ2v) is 9.29. The van der Waals surface area contributed by atoms with Crippen LogP contribution in [0.15, 0.2) is 48.5 Å². The number of benzene rings is 2. The van der Waals surface area contributed by atoms with Gasteiger partial charge in [0.15, 0.2) is 0 Å². The molecule has 0 aliphatic heterocycles. The van der Waals surface area contributed by atoms with Crippen molar-refractivity contribution in [3.63, 3.8) is 0 Å². The number of rotatable bonds is 7. The minimum Gasteiger partial charge on any atom is -0.358 e. The number of pyridine rings is 1. The molecule has 4 nitrogen and oxygen atoms in total. The molecule has 1 atom stereocenters. The first-order chi connectivity index (χ1) is 17.7. The largest absolute Gasteiger partial charge is 0.358 e. The van der Waals surface area contributed by atoms with E-state index in [0.717, 1.165) is 42.2 Å². The normalized spacial score (nSPS) is 10.8. The van der Waals surface area contributed by atoms with Crippen LogP contribution in [0, 0.1) is 12.7 Å². The Labute approximate surface area is 230 Å². The summed E-state index contributed by atoms with van der Waals surface area (Å²) in [7, 11) is 1.58. The van der Waals surface area contributed by atoms with Crippen molar-refractivity contribution < 1.29 is 14.0 Å². The van der Waals surface area contributed by atoms with Crippen LogP contribution in [0.25, 0.3) is 11.3 Å². The number of nitrogens with one attached hydrogen (secondary N) is 1. The molecule has 0 saturated heterocycles. The quantitative estimate of drug-likeness (QED) is 0.303. The van der Waals surface area contributed by atoms with Crippen molar-refractivity contribution in [1.29, 1.82) is 0 Å². The zero-order chi connectivity index (χ0) is 28.0. The van der Waals surface area contributed by atoms with E-state index in [1.165, 1.54) is 25.5 Å². The highest BCUT2D eigenvalue weighted by molar-refractivity contribution is 6.36. The van der Waals surface area contributed by atoms with Crippen molar-refractivity contribution in [3.8, 4) is 11.3 Å². The minimum atomic E-state index is -0.771. The number of halogens is 3. The van der Waals surface area contributed by atoms with E-state index < -0.39 is 5.92 Å². The van der Waals surface area contributed by atoms with Crippen LogP contribution in [0.5, 0.6) is 0 Å². The number of amides is 1. The van der Waals surface area contributed by atoms with Crippen LogP contribution in [0.4, 0.5) is 4.39 Å². The van der Waals surface area contributed by atoms with Gasteiger partial charge in [-0.3, -0.25) is 9.78 Å². The Kier molecular flexibility index (Phi) is 14.7. The molecule has 2 aromatic carbocycles. The first kappa shape index (κ1) is 32.3. The van der Waals surface area contributed by atoms with Crippen LogP contribution in [0.3, 0.4) is 0 Å². The molecule has 0 aliphatic rings. The molecule has 3 aromatic rings. The zero-order valence-corrected chi connectivity index (χ0v) is 24.0. The summed E-state index contributed by atoms with van der Waals surface area (Å²) in [6.07, 6.45) is 4.89. The third-order valence-electron chi connectivity index (χ3n) is 5.28. The molecule has 200 valence electrons. The van der Waals surface area contributed by atoms with Gasteiger partial charge in [0.1, 0.15) is 18.0 Å². The Hall–Kier alpha value is -2.76. The highest BCUT2D eigenvalue weighted by Crippen LogP contribution is 2.37. The molecular weight excluding hydrogens is 510 g/mol. The van der Waals surface area contributed by atoms with Gasteiger partial charge < -0.3 is 10.1 Å². The third kappa shape index (κ3) is 9.56. The van der Waals surface area contributed by atoms with E-state index in [4.69, 9.17) is 33.0 Å². The van der Waals surface area contributed by atoms with E-state index in [9.17, 15) is 9.18 Å². The van der Waals surface area contributed by atoms with Gasteiger partial charge in [0.05, 0.1) is 11.4 Å². The topological polar surface area (TPSA) is 59.1 Å². The van der Waals surface area contributed by atoms with Gasteiger partial charge in [-0.1, -0.05) is 62.9 Å².